The molecule has 2 rings (SSSR count). The third kappa shape index (κ3) is 3.25. The lowest BCUT2D eigenvalue weighted by atomic mass is 9.76. The van der Waals surface area contributed by atoms with Crippen LogP contribution < -0.4 is 5.32 Å². The van der Waals surface area contributed by atoms with E-state index in [1.54, 1.807) is 0 Å². The van der Waals surface area contributed by atoms with Gasteiger partial charge in [-0.3, -0.25) is 0 Å². The molecular weight excluding hydrogens is 226 g/mol. The normalized spacial score (nSPS) is 36.2. The second kappa shape index (κ2) is 5.89. The van der Waals surface area contributed by atoms with Gasteiger partial charge in [0.25, 0.3) is 0 Å². The molecule has 1 N–H and O–H groups in total. The minimum atomic E-state index is 0.0503. The van der Waals surface area contributed by atoms with Gasteiger partial charge in [-0.25, -0.2) is 0 Å². The lowest BCUT2D eigenvalue weighted by Gasteiger charge is -2.41. The molecule has 2 aliphatic heterocycles. The van der Waals surface area contributed by atoms with E-state index in [1.807, 2.05) is 0 Å². The summed E-state index contributed by atoms with van der Waals surface area (Å²) in [5.41, 5.74) is 0.0503. The van der Waals surface area contributed by atoms with Gasteiger partial charge in [-0.1, -0.05) is 20.8 Å². The Morgan fingerprint density at radius 3 is 2.56 bits per heavy atom. The molecule has 106 valence electrons. The first-order valence-corrected chi connectivity index (χ1v) is 7.50. The molecule has 2 fully saturated rings. The zero-order valence-corrected chi connectivity index (χ0v) is 12.4. The molecule has 2 aliphatic rings. The SMILES string of the molecule is CC(C)NC(C)C(C)C1CCOC2(CCOC2)C1. The second-order valence-electron chi connectivity index (χ2n) is 6.56. The first-order chi connectivity index (χ1) is 8.52. The van der Waals surface area contributed by atoms with Crippen molar-refractivity contribution in [2.24, 2.45) is 11.8 Å². The second-order valence-corrected chi connectivity index (χ2v) is 6.56. The zero-order chi connectivity index (χ0) is 13.2. The molecule has 0 aliphatic carbocycles. The fourth-order valence-electron chi connectivity index (χ4n) is 3.46. The van der Waals surface area contributed by atoms with Crippen molar-refractivity contribution < 1.29 is 9.47 Å². The van der Waals surface area contributed by atoms with Crippen LogP contribution in [0.15, 0.2) is 0 Å². The predicted molar refractivity (Wildman–Crippen MR) is 73.7 cm³/mol. The molecule has 4 unspecified atom stereocenters. The highest BCUT2D eigenvalue weighted by Gasteiger charge is 2.42. The quantitative estimate of drug-likeness (QED) is 0.837. The van der Waals surface area contributed by atoms with E-state index in [-0.39, 0.29) is 5.60 Å². The van der Waals surface area contributed by atoms with Gasteiger partial charge in [-0.05, 0) is 31.6 Å². The Bertz CT molecular complexity index is 261. The number of hydrogen-bond donors (Lipinski definition) is 1. The fourth-order valence-corrected chi connectivity index (χ4v) is 3.46. The summed E-state index contributed by atoms with van der Waals surface area (Å²) in [7, 11) is 0. The van der Waals surface area contributed by atoms with Gasteiger partial charge in [0.2, 0.25) is 0 Å². The van der Waals surface area contributed by atoms with Gasteiger partial charge in [-0.2, -0.15) is 0 Å². The minimum Gasteiger partial charge on any atom is -0.378 e. The van der Waals surface area contributed by atoms with Crippen LogP contribution in [0.1, 0.15) is 47.0 Å². The summed E-state index contributed by atoms with van der Waals surface area (Å²) in [4.78, 5) is 0. The summed E-state index contributed by atoms with van der Waals surface area (Å²) in [5.74, 6) is 1.47. The topological polar surface area (TPSA) is 30.5 Å². The molecule has 2 heterocycles. The van der Waals surface area contributed by atoms with E-state index >= 15 is 0 Å². The van der Waals surface area contributed by atoms with E-state index in [0.717, 1.165) is 32.2 Å². The minimum absolute atomic E-state index is 0.0503. The lowest BCUT2D eigenvalue weighted by molar-refractivity contribution is -0.107. The molecule has 18 heavy (non-hydrogen) atoms. The molecule has 1 spiro atoms. The number of hydrogen-bond acceptors (Lipinski definition) is 3. The van der Waals surface area contributed by atoms with Gasteiger partial charge in [-0.15, -0.1) is 0 Å². The zero-order valence-electron chi connectivity index (χ0n) is 12.4. The van der Waals surface area contributed by atoms with Gasteiger partial charge >= 0.3 is 0 Å². The van der Waals surface area contributed by atoms with Gasteiger partial charge in [0, 0.05) is 31.7 Å². The Morgan fingerprint density at radius 1 is 1.17 bits per heavy atom. The standard InChI is InChI=1S/C15H29NO2/c1-11(2)16-13(4)12(3)14-5-7-18-15(9-14)6-8-17-10-15/h11-14,16H,5-10H2,1-4H3. The average Bonchev–Trinajstić information content (AvgIpc) is 2.75. The fraction of sp³-hybridized carbons (Fsp3) is 1.00. The number of rotatable bonds is 4. The summed E-state index contributed by atoms with van der Waals surface area (Å²) >= 11 is 0. The Morgan fingerprint density at radius 2 is 1.94 bits per heavy atom. The highest BCUT2D eigenvalue weighted by atomic mass is 16.6. The van der Waals surface area contributed by atoms with Gasteiger partial charge in [0.1, 0.15) is 0 Å². The monoisotopic (exact) mass is 255 g/mol. The van der Waals surface area contributed by atoms with Gasteiger partial charge in [0.05, 0.1) is 12.2 Å². The van der Waals surface area contributed by atoms with Crippen molar-refractivity contribution in [1.82, 2.24) is 5.32 Å². The van der Waals surface area contributed by atoms with Crippen LogP contribution in [0.25, 0.3) is 0 Å². The molecule has 2 saturated heterocycles. The van der Waals surface area contributed by atoms with Gasteiger partial charge in [0.15, 0.2) is 0 Å². The maximum atomic E-state index is 6.02. The Hall–Kier alpha value is -0.120. The maximum Gasteiger partial charge on any atom is 0.0939 e. The molecule has 0 amide bonds. The molecular formula is C15H29NO2. The molecule has 3 nitrogen and oxygen atoms in total. The number of nitrogens with one attached hydrogen (secondary N) is 1. The summed E-state index contributed by atoms with van der Waals surface area (Å²) in [6, 6.07) is 1.14. The van der Waals surface area contributed by atoms with Crippen LogP contribution in [-0.2, 0) is 9.47 Å². The van der Waals surface area contributed by atoms with Crippen molar-refractivity contribution in [3.05, 3.63) is 0 Å². The first kappa shape index (κ1) is 14.3. The third-order valence-corrected chi connectivity index (χ3v) is 4.73. The Kier molecular flexibility index (Phi) is 4.68. The van der Waals surface area contributed by atoms with Crippen molar-refractivity contribution in [3.8, 4) is 0 Å². The summed E-state index contributed by atoms with van der Waals surface area (Å²) in [6.07, 6.45) is 3.47. The van der Waals surface area contributed by atoms with Crippen molar-refractivity contribution in [2.75, 3.05) is 19.8 Å². The highest BCUT2D eigenvalue weighted by Crippen LogP contribution is 2.39. The van der Waals surface area contributed by atoms with Gasteiger partial charge < -0.3 is 14.8 Å². The molecule has 0 saturated carbocycles. The Labute approximate surface area is 112 Å². The van der Waals surface area contributed by atoms with Crippen molar-refractivity contribution in [2.45, 2.75) is 64.6 Å². The van der Waals surface area contributed by atoms with E-state index in [9.17, 15) is 0 Å². The molecule has 0 radical (unpaired) electrons. The van der Waals surface area contributed by atoms with Crippen molar-refractivity contribution in [3.63, 3.8) is 0 Å². The Balaban J connectivity index is 1.91. The van der Waals surface area contributed by atoms with E-state index < -0.39 is 0 Å². The molecule has 0 aromatic heterocycles. The van der Waals surface area contributed by atoms with Crippen molar-refractivity contribution >= 4 is 0 Å². The lowest BCUT2D eigenvalue weighted by Crippen LogP contribution is -2.46. The van der Waals surface area contributed by atoms with E-state index in [1.165, 1.54) is 12.8 Å². The maximum absolute atomic E-state index is 6.02. The average molecular weight is 255 g/mol. The van der Waals surface area contributed by atoms with E-state index in [4.69, 9.17) is 9.47 Å². The van der Waals surface area contributed by atoms with Crippen LogP contribution in [0.2, 0.25) is 0 Å². The van der Waals surface area contributed by atoms with Crippen LogP contribution in [-0.4, -0.2) is 37.5 Å². The van der Waals surface area contributed by atoms with E-state index in [0.29, 0.717) is 18.0 Å². The largest absolute Gasteiger partial charge is 0.378 e. The summed E-state index contributed by atoms with van der Waals surface area (Å²) < 4.78 is 11.6. The molecule has 0 aromatic carbocycles. The smallest absolute Gasteiger partial charge is 0.0939 e. The molecule has 4 atom stereocenters. The highest BCUT2D eigenvalue weighted by molar-refractivity contribution is 4.93. The molecule has 3 heteroatoms. The summed E-state index contributed by atoms with van der Waals surface area (Å²) in [5, 5.41) is 3.65. The van der Waals surface area contributed by atoms with Crippen molar-refractivity contribution in [1.29, 1.82) is 0 Å². The van der Waals surface area contributed by atoms with E-state index in [2.05, 4.69) is 33.0 Å². The first-order valence-electron chi connectivity index (χ1n) is 7.50. The van der Waals surface area contributed by atoms with Crippen LogP contribution in [0, 0.1) is 11.8 Å². The van der Waals surface area contributed by atoms with Crippen LogP contribution in [0.4, 0.5) is 0 Å². The third-order valence-electron chi connectivity index (χ3n) is 4.73. The molecule has 0 bridgehead atoms. The predicted octanol–water partition coefficient (Wildman–Crippen LogP) is 2.59. The van der Waals surface area contributed by atoms with Crippen LogP contribution in [0.5, 0.6) is 0 Å². The van der Waals surface area contributed by atoms with Crippen LogP contribution >= 0.6 is 0 Å². The van der Waals surface area contributed by atoms with Crippen LogP contribution in [0.3, 0.4) is 0 Å². The summed E-state index contributed by atoms with van der Waals surface area (Å²) in [6.45, 7) is 11.7. The molecule has 0 aromatic rings. The number of ether oxygens (including phenoxy) is 2.